The number of aromatic nitrogens is 2. The molecule has 1 aromatic heterocycles. The number of hydrogen-bond acceptors (Lipinski definition) is 4. The Hall–Kier alpha value is -2.71. The van der Waals surface area contributed by atoms with Crippen molar-refractivity contribution in [2.24, 2.45) is 0 Å². The van der Waals surface area contributed by atoms with Crippen LogP contribution in [0.1, 0.15) is 50.7 Å². The molecule has 0 saturated carbocycles. The quantitative estimate of drug-likeness (QED) is 0.369. The molecule has 0 saturated heterocycles. The van der Waals surface area contributed by atoms with Crippen molar-refractivity contribution in [2.75, 3.05) is 11.4 Å². The fourth-order valence-electron chi connectivity index (χ4n) is 2.68. The predicted octanol–water partition coefficient (Wildman–Crippen LogP) is 5.33. The minimum Gasteiger partial charge on any atom is -0.333 e. The maximum atomic E-state index is 13.5. The number of anilines is 1. The van der Waals surface area contributed by atoms with Gasteiger partial charge >= 0.3 is 5.92 Å². The Kier molecular flexibility index (Phi) is 7.92. The summed E-state index contributed by atoms with van der Waals surface area (Å²) in [6.07, 6.45) is 2.03. The zero-order chi connectivity index (χ0) is 21.4. The number of amides is 1. The van der Waals surface area contributed by atoms with Crippen molar-refractivity contribution in [3.05, 3.63) is 54.2 Å². The minimum atomic E-state index is -3.18. The Labute approximate surface area is 166 Å². The number of rotatable bonds is 11. The zero-order valence-corrected chi connectivity index (χ0v) is 16.1. The van der Waals surface area contributed by atoms with E-state index in [1.165, 1.54) is 23.1 Å². The van der Waals surface area contributed by atoms with Crippen molar-refractivity contribution in [1.82, 2.24) is 10.1 Å². The van der Waals surface area contributed by atoms with Crippen LogP contribution >= 0.6 is 0 Å². The summed E-state index contributed by atoms with van der Waals surface area (Å²) in [6, 6.07) is 5.62. The Morgan fingerprint density at radius 3 is 2.62 bits per heavy atom. The van der Waals surface area contributed by atoms with Crippen molar-refractivity contribution in [3.63, 3.8) is 0 Å². The Morgan fingerprint density at radius 1 is 1.24 bits per heavy atom. The molecule has 1 heterocycles. The van der Waals surface area contributed by atoms with E-state index < -0.39 is 23.5 Å². The highest BCUT2D eigenvalue weighted by molar-refractivity contribution is 5.93. The molecule has 0 aliphatic rings. The molecule has 1 amide bonds. The van der Waals surface area contributed by atoms with E-state index in [9.17, 15) is 22.4 Å². The summed E-state index contributed by atoms with van der Waals surface area (Å²) in [4.78, 5) is 17.5. The Bertz CT molecular complexity index is 833. The second kappa shape index (κ2) is 10.2. The number of aryl methyl sites for hydroxylation is 1. The normalized spacial score (nSPS) is 11.5. The maximum Gasteiger partial charge on any atom is 0.322 e. The van der Waals surface area contributed by atoms with Crippen LogP contribution in [-0.2, 0) is 17.1 Å². The molecule has 158 valence electrons. The van der Waals surface area contributed by atoms with Crippen LogP contribution in [0.3, 0.4) is 0 Å². The Morgan fingerprint density at radius 2 is 2.00 bits per heavy atom. The van der Waals surface area contributed by atoms with Gasteiger partial charge in [-0.2, -0.15) is 13.8 Å². The summed E-state index contributed by atoms with van der Waals surface area (Å²) in [7, 11) is 0. The lowest BCUT2D eigenvalue weighted by molar-refractivity contribution is -0.118. The van der Waals surface area contributed by atoms with Gasteiger partial charge in [-0.15, -0.1) is 0 Å². The monoisotopic (exact) mass is 413 g/mol. The first-order chi connectivity index (χ1) is 13.7. The van der Waals surface area contributed by atoms with Crippen molar-refractivity contribution < 1.29 is 26.9 Å². The number of allylic oxidation sites excluding steroid dienone is 1. The van der Waals surface area contributed by atoms with Gasteiger partial charge in [0.15, 0.2) is 5.82 Å². The molecule has 0 bridgehead atoms. The predicted molar refractivity (Wildman–Crippen MR) is 99.7 cm³/mol. The van der Waals surface area contributed by atoms with Gasteiger partial charge in [0.05, 0.1) is 5.83 Å². The number of alkyl halides is 2. The molecule has 0 fully saturated rings. The Balaban J connectivity index is 1.88. The van der Waals surface area contributed by atoms with E-state index in [0.29, 0.717) is 44.8 Å². The summed E-state index contributed by atoms with van der Waals surface area (Å²) >= 11 is 0. The molecule has 0 spiro atoms. The van der Waals surface area contributed by atoms with Crippen LogP contribution in [0.4, 0.5) is 23.2 Å². The highest BCUT2D eigenvalue weighted by Crippen LogP contribution is 2.25. The van der Waals surface area contributed by atoms with Crippen LogP contribution < -0.4 is 4.90 Å². The molecule has 0 aliphatic heterocycles. The second-order valence-electron chi connectivity index (χ2n) is 6.76. The summed E-state index contributed by atoms with van der Waals surface area (Å²) in [5.41, 5.74) is 0.396. The molecular weight excluding hydrogens is 390 g/mol. The van der Waals surface area contributed by atoms with Crippen molar-refractivity contribution in [1.29, 1.82) is 0 Å². The third-order valence-electron chi connectivity index (χ3n) is 4.16. The lowest BCUT2D eigenvalue weighted by Crippen LogP contribution is -2.31. The fourth-order valence-corrected chi connectivity index (χ4v) is 2.68. The van der Waals surface area contributed by atoms with Crippen molar-refractivity contribution >= 4 is 11.6 Å². The van der Waals surface area contributed by atoms with E-state index in [0.717, 1.165) is 0 Å². The van der Waals surface area contributed by atoms with Crippen LogP contribution in [0.5, 0.6) is 0 Å². The van der Waals surface area contributed by atoms with Gasteiger partial charge in [-0.05, 0) is 31.0 Å². The van der Waals surface area contributed by atoms with Gasteiger partial charge in [0, 0.05) is 38.4 Å². The summed E-state index contributed by atoms with van der Waals surface area (Å²) in [5, 5.41) is 3.53. The van der Waals surface area contributed by atoms with E-state index in [2.05, 4.69) is 21.2 Å². The fraction of sp³-hybridized carbons (Fsp3) is 0.450. The van der Waals surface area contributed by atoms with E-state index in [1.807, 2.05) is 0 Å². The van der Waals surface area contributed by atoms with Gasteiger partial charge in [-0.1, -0.05) is 24.2 Å². The molecule has 0 unspecified atom stereocenters. The molecule has 0 aliphatic carbocycles. The molecule has 0 radical (unpaired) electrons. The van der Waals surface area contributed by atoms with Gasteiger partial charge in [0.1, 0.15) is 5.82 Å². The van der Waals surface area contributed by atoms with E-state index in [1.54, 1.807) is 6.07 Å². The SMILES string of the molecule is C=C(F)CCC(=O)N(CCCCCc1noc(C(C)(F)F)n1)c1cccc(F)c1. The third-order valence-corrected chi connectivity index (χ3v) is 4.16. The largest absolute Gasteiger partial charge is 0.333 e. The molecule has 5 nitrogen and oxygen atoms in total. The van der Waals surface area contributed by atoms with Gasteiger partial charge in [-0.25, -0.2) is 8.78 Å². The van der Waals surface area contributed by atoms with Crippen LogP contribution in [0.15, 0.2) is 41.2 Å². The van der Waals surface area contributed by atoms with Crippen LogP contribution in [0.2, 0.25) is 0 Å². The molecule has 0 atom stereocenters. The standard InChI is InChI=1S/C20H23F4N3O2/c1-14(21)10-11-18(28)27(16-8-6-7-15(22)13-16)12-5-3-4-9-17-25-19(29-26-17)20(2,23)24/h6-8,13H,1,3-5,9-12H2,2H3. The van der Waals surface area contributed by atoms with Gasteiger partial charge in [0.25, 0.3) is 5.89 Å². The first-order valence-electron chi connectivity index (χ1n) is 9.27. The van der Waals surface area contributed by atoms with Gasteiger partial charge in [0.2, 0.25) is 5.91 Å². The number of nitrogens with zero attached hydrogens (tertiary/aromatic N) is 3. The highest BCUT2D eigenvalue weighted by atomic mass is 19.3. The molecule has 2 aromatic rings. The number of carbonyl (C=O) groups excluding carboxylic acids is 1. The smallest absolute Gasteiger partial charge is 0.322 e. The second-order valence-corrected chi connectivity index (χ2v) is 6.76. The van der Waals surface area contributed by atoms with Gasteiger partial charge < -0.3 is 9.42 Å². The van der Waals surface area contributed by atoms with Gasteiger partial charge in [-0.3, -0.25) is 4.79 Å². The number of carbonyl (C=O) groups is 1. The number of halogens is 4. The summed E-state index contributed by atoms with van der Waals surface area (Å²) in [6.45, 7) is 4.13. The summed E-state index contributed by atoms with van der Waals surface area (Å²) in [5.74, 6) is -5.10. The number of benzene rings is 1. The zero-order valence-electron chi connectivity index (χ0n) is 16.1. The number of unbranched alkanes of at least 4 members (excludes halogenated alkanes) is 2. The van der Waals surface area contributed by atoms with Crippen molar-refractivity contribution in [3.8, 4) is 0 Å². The van der Waals surface area contributed by atoms with E-state index in [4.69, 9.17) is 0 Å². The molecule has 1 aromatic carbocycles. The van der Waals surface area contributed by atoms with Crippen LogP contribution in [-0.4, -0.2) is 22.6 Å². The molecular formula is C20H23F4N3O2. The molecule has 29 heavy (non-hydrogen) atoms. The van der Waals surface area contributed by atoms with Crippen LogP contribution in [0, 0.1) is 5.82 Å². The van der Waals surface area contributed by atoms with E-state index >= 15 is 0 Å². The van der Waals surface area contributed by atoms with Crippen molar-refractivity contribution in [2.45, 2.75) is 51.4 Å². The molecule has 9 heteroatoms. The van der Waals surface area contributed by atoms with E-state index in [-0.39, 0.29) is 24.6 Å². The lowest BCUT2D eigenvalue weighted by atomic mass is 10.1. The summed E-state index contributed by atoms with van der Waals surface area (Å²) < 4.78 is 57.1. The maximum absolute atomic E-state index is 13.5. The first kappa shape index (κ1) is 22.6. The molecule has 2 rings (SSSR count). The highest BCUT2D eigenvalue weighted by Gasteiger charge is 2.31. The third kappa shape index (κ3) is 7.32. The average Bonchev–Trinajstić information content (AvgIpc) is 3.12. The topological polar surface area (TPSA) is 59.2 Å². The average molecular weight is 413 g/mol. The molecule has 0 N–H and O–H groups in total. The first-order valence-corrected chi connectivity index (χ1v) is 9.27. The lowest BCUT2D eigenvalue weighted by Gasteiger charge is -2.23. The van der Waals surface area contributed by atoms with Crippen LogP contribution in [0.25, 0.3) is 0 Å². The minimum absolute atomic E-state index is 0.0668. The number of hydrogen-bond donors (Lipinski definition) is 0.